The van der Waals surface area contributed by atoms with E-state index in [4.69, 9.17) is 5.11 Å². The molecule has 5 heteroatoms. The zero-order valence-electron chi connectivity index (χ0n) is 9.99. The third kappa shape index (κ3) is 3.38. The van der Waals surface area contributed by atoms with Gasteiger partial charge in [-0.25, -0.2) is 9.18 Å². The third-order valence-corrected chi connectivity index (χ3v) is 4.19. The molecule has 0 atom stereocenters. The van der Waals surface area contributed by atoms with E-state index < -0.39 is 11.8 Å². The van der Waals surface area contributed by atoms with E-state index in [0.29, 0.717) is 11.6 Å². The van der Waals surface area contributed by atoms with Gasteiger partial charge in [-0.15, -0.1) is 0 Å². The van der Waals surface area contributed by atoms with Crippen LogP contribution in [0.3, 0.4) is 0 Å². The van der Waals surface area contributed by atoms with Crippen molar-refractivity contribution < 1.29 is 14.3 Å². The minimum Gasteiger partial charge on any atom is -0.478 e. The molecule has 3 nitrogen and oxygen atoms in total. The van der Waals surface area contributed by atoms with Crippen LogP contribution in [0.1, 0.15) is 23.2 Å². The molecule has 18 heavy (non-hydrogen) atoms. The van der Waals surface area contributed by atoms with Gasteiger partial charge >= 0.3 is 5.97 Å². The zero-order valence-corrected chi connectivity index (χ0v) is 10.8. The van der Waals surface area contributed by atoms with Crippen LogP contribution in [0.2, 0.25) is 0 Å². The predicted octanol–water partition coefficient (Wildman–Crippen LogP) is 3.08. The molecule has 2 rings (SSSR count). The van der Waals surface area contributed by atoms with Crippen LogP contribution in [0.15, 0.2) is 18.2 Å². The Morgan fingerprint density at radius 2 is 2.17 bits per heavy atom. The van der Waals surface area contributed by atoms with E-state index in [2.05, 4.69) is 5.32 Å². The lowest BCUT2D eigenvalue weighted by Gasteiger charge is -2.22. The number of carbonyl (C=O) groups is 1. The van der Waals surface area contributed by atoms with Crippen molar-refractivity contribution in [1.29, 1.82) is 0 Å². The summed E-state index contributed by atoms with van der Waals surface area (Å²) in [5.41, 5.74) is 0.366. The Balaban J connectivity index is 1.94. The molecule has 1 aromatic carbocycles. The molecule has 0 spiro atoms. The van der Waals surface area contributed by atoms with Crippen LogP contribution >= 0.6 is 11.8 Å². The molecule has 0 bridgehead atoms. The second-order valence-corrected chi connectivity index (χ2v) is 5.66. The van der Waals surface area contributed by atoms with Crippen molar-refractivity contribution in [3.63, 3.8) is 0 Å². The zero-order chi connectivity index (χ0) is 13.0. The largest absolute Gasteiger partial charge is 0.478 e. The molecule has 1 fully saturated rings. The van der Waals surface area contributed by atoms with Gasteiger partial charge in [-0.1, -0.05) is 0 Å². The molecule has 0 aliphatic carbocycles. The maximum Gasteiger partial charge on any atom is 0.335 e. The number of rotatable bonds is 4. The Hall–Kier alpha value is -1.23. The number of halogens is 1. The molecule has 0 aromatic heterocycles. The number of anilines is 1. The average molecular weight is 269 g/mol. The van der Waals surface area contributed by atoms with Crippen molar-refractivity contribution in [3.05, 3.63) is 29.6 Å². The SMILES string of the molecule is O=C(O)c1ccc(NCC2CCSCC2)c(F)c1. The van der Waals surface area contributed by atoms with E-state index in [1.54, 1.807) is 0 Å². The minimum absolute atomic E-state index is 0.0212. The molecular weight excluding hydrogens is 253 g/mol. The summed E-state index contributed by atoms with van der Waals surface area (Å²) in [5.74, 6) is 1.33. The molecule has 0 radical (unpaired) electrons. The highest BCUT2D eigenvalue weighted by molar-refractivity contribution is 7.99. The second kappa shape index (κ2) is 6.09. The maximum absolute atomic E-state index is 13.6. The van der Waals surface area contributed by atoms with Gasteiger partial charge in [0.1, 0.15) is 5.82 Å². The van der Waals surface area contributed by atoms with Crippen molar-refractivity contribution in [3.8, 4) is 0 Å². The van der Waals surface area contributed by atoms with Crippen molar-refractivity contribution >= 4 is 23.4 Å². The number of benzene rings is 1. The van der Waals surface area contributed by atoms with Crippen molar-refractivity contribution in [1.82, 2.24) is 0 Å². The number of carboxylic acids is 1. The highest BCUT2D eigenvalue weighted by Crippen LogP contribution is 2.24. The van der Waals surface area contributed by atoms with Crippen LogP contribution in [0, 0.1) is 11.7 Å². The van der Waals surface area contributed by atoms with E-state index in [9.17, 15) is 9.18 Å². The van der Waals surface area contributed by atoms with E-state index in [-0.39, 0.29) is 5.56 Å². The topological polar surface area (TPSA) is 49.3 Å². The molecule has 0 amide bonds. The quantitative estimate of drug-likeness (QED) is 0.882. The van der Waals surface area contributed by atoms with E-state index in [1.807, 2.05) is 11.8 Å². The number of hydrogen-bond donors (Lipinski definition) is 2. The fourth-order valence-electron chi connectivity index (χ4n) is 2.00. The number of hydrogen-bond acceptors (Lipinski definition) is 3. The van der Waals surface area contributed by atoms with Gasteiger partial charge in [0.2, 0.25) is 0 Å². The van der Waals surface area contributed by atoms with Gasteiger partial charge in [0, 0.05) is 6.54 Å². The molecule has 1 aliphatic rings. The molecule has 1 heterocycles. The molecule has 0 unspecified atom stereocenters. The van der Waals surface area contributed by atoms with Gasteiger partial charge in [0.25, 0.3) is 0 Å². The summed E-state index contributed by atoms with van der Waals surface area (Å²) in [6.45, 7) is 0.754. The lowest BCUT2D eigenvalue weighted by molar-refractivity contribution is 0.0696. The summed E-state index contributed by atoms with van der Waals surface area (Å²) < 4.78 is 13.6. The van der Waals surface area contributed by atoms with Crippen LogP contribution in [-0.2, 0) is 0 Å². The number of nitrogens with one attached hydrogen (secondary N) is 1. The van der Waals surface area contributed by atoms with Gasteiger partial charge in [0.15, 0.2) is 0 Å². The summed E-state index contributed by atoms with van der Waals surface area (Å²) in [6, 6.07) is 3.97. The minimum atomic E-state index is -1.11. The smallest absolute Gasteiger partial charge is 0.335 e. The Kier molecular flexibility index (Phi) is 4.47. The molecular formula is C13H16FNO2S. The molecule has 2 N–H and O–H groups in total. The Morgan fingerprint density at radius 1 is 1.44 bits per heavy atom. The third-order valence-electron chi connectivity index (χ3n) is 3.14. The first-order valence-corrected chi connectivity index (χ1v) is 7.17. The maximum atomic E-state index is 13.6. The fourth-order valence-corrected chi connectivity index (χ4v) is 3.20. The monoisotopic (exact) mass is 269 g/mol. The normalized spacial score (nSPS) is 16.5. The standard InChI is InChI=1S/C13H16FNO2S/c14-11-7-10(13(16)17)1-2-12(11)15-8-9-3-5-18-6-4-9/h1-2,7,9,15H,3-6,8H2,(H,16,17). The summed E-state index contributed by atoms with van der Waals surface area (Å²) in [6.07, 6.45) is 2.32. The Labute approximate surface area is 110 Å². The second-order valence-electron chi connectivity index (χ2n) is 4.44. The van der Waals surface area contributed by atoms with E-state index in [0.717, 1.165) is 25.5 Å². The molecule has 1 aliphatic heterocycles. The highest BCUT2D eigenvalue weighted by atomic mass is 32.2. The van der Waals surface area contributed by atoms with Crippen LogP contribution in [0.4, 0.5) is 10.1 Å². The van der Waals surface area contributed by atoms with Gasteiger partial charge in [-0.2, -0.15) is 11.8 Å². The summed E-state index contributed by atoms with van der Waals surface area (Å²) in [4.78, 5) is 10.7. The van der Waals surface area contributed by atoms with E-state index in [1.165, 1.54) is 23.6 Å². The predicted molar refractivity (Wildman–Crippen MR) is 71.9 cm³/mol. The lowest BCUT2D eigenvalue weighted by atomic mass is 10.0. The van der Waals surface area contributed by atoms with Crippen molar-refractivity contribution in [2.24, 2.45) is 5.92 Å². The first kappa shape index (κ1) is 13.2. The molecule has 98 valence electrons. The first-order valence-electron chi connectivity index (χ1n) is 6.01. The Bertz CT molecular complexity index is 433. The van der Waals surface area contributed by atoms with E-state index >= 15 is 0 Å². The average Bonchev–Trinajstić information content (AvgIpc) is 2.38. The van der Waals surface area contributed by atoms with Gasteiger partial charge < -0.3 is 10.4 Å². The Morgan fingerprint density at radius 3 is 2.78 bits per heavy atom. The molecule has 1 saturated heterocycles. The van der Waals surface area contributed by atoms with Crippen LogP contribution < -0.4 is 5.32 Å². The van der Waals surface area contributed by atoms with Gasteiger partial charge in [-0.3, -0.25) is 0 Å². The molecule has 0 saturated carbocycles. The van der Waals surface area contributed by atoms with Gasteiger partial charge in [-0.05, 0) is 48.5 Å². The lowest BCUT2D eigenvalue weighted by Crippen LogP contribution is -2.19. The number of thioether (sulfide) groups is 1. The van der Waals surface area contributed by atoms with Crippen LogP contribution in [-0.4, -0.2) is 29.1 Å². The fraction of sp³-hybridized carbons (Fsp3) is 0.462. The van der Waals surface area contributed by atoms with Crippen molar-refractivity contribution in [2.75, 3.05) is 23.4 Å². The highest BCUT2D eigenvalue weighted by Gasteiger charge is 2.14. The van der Waals surface area contributed by atoms with Gasteiger partial charge in [0.05, 0.1) is 11.3 Å². The van der Waals surface area contributed by atoms with Crippen molar-refractivity contribution in [2.45, 2.75) is 12.8 Å². The summed E-state index contributed by atoms with van der Waals surface area (Å²) >= 11 is 1.96. The summed E-state index contributed by atoms with van der Waals surface area (Å²) in [5, 5.41) is 11.8. The summed E-state index contributed by atoms with van der Waals surface area (Å²) in [7, 11) is 0. The van der Waals surface area contributed by atoms with Crippen LogP contribution in [0.25, 0.3) is 0 Å². The number of aromatic carboxylic acids is 1. The molecule has 1 aromatic rings. The first-order chi connectivity index (χ1) is 8.66. The van der Waals surface area contributed by atoms with Crippen LogP contribution in [0.5, 0.6) is 0 Å². The number of carboxylic acid groups (broad SMARTS) is 1.